The summed E-state index contributed by atoms with van der Waals surface area (Å²) >= 11 is 0. The van der Waals surface area contributed by atoms with Crippen molar-refractivity contribution in [2.45, 2.75) is 68.3 Å². The third-order valence-electron chi connectivity index (χ3n) is 5.92. The van der Waals surface area contributed by atoms with E-state index in [1.165, 1.54) is 13.8 Å². The van der Waals surface area contributed by atoms with E-state index in [0.717, 1.165) is 0 Å². The number of para-hydroxylation sites is 1. The Labute approximate surface area is 185 Å². The summed E-state index contributed by atoms with van der Waals surface area (Å²) < 4.78 is 17.4. The topological polar surface area (TPSA) is 170 Å². The number of rotatable bonds is 7. The second kappa shape index (κ2) is 10.4. The van der Waals surface area contributed by atoms with Gasteiger partial charge in [0.1, 0.15) is 42.2 Å². The lowest BCUT2D eigenvalue weighted by Gasteiger charge is -2.51. The van der Waals surface area contributed by atoms with Gasteiger partial charge < -0.3 is 50.4 Å². The number of nitrogens with one attached hydrogen (secondary N) is 2. The van der Waals surface area contributed by atoms with Crippen molar-refractivity contribution in [2.75, 3.05) is 25.1 Å². The van der Waals surface area contributed by atoms with Crippen LogP contribution in [-0.2, 0) is 19.0 Å². The van der Waals surface area contributed by atoms with Crippen LogP contribution in [0, 0.1) is 0 Å². The number of ether oxygens (including phenoxy) is 3. The van der Waals surface area contributed by atoms with Crippen LogP contribution in [0.25, 0.3) is 0 Å². The van der Waals surface area contributed by atoms with Gasteiger partial charge in [0.05, 0.1) is 25.9 Å². The molecular weight excluding hydrogens is 424 g/mol. The van der Waals surface area contributed by atoms with Crippen molar-refractivity contribution in [2.24, 2.45) is 0 Å². The molecule has 2 fully saturated rings. The van der Waals surface area contributed by atoms with E-state index in [-0.39, 0.29) is 6.61 Å². The molecule has 11 nitrogen and oxygen atoms in total. The Balaban J connectivity index is 1.92. The molecule has 1 aromatic carbocycles. The van der Waals surface area contributed by atoms with Gasteiger partial charge in [0.25, 0.3) is 0 Å². The van der Waals surface area contributed by atoms with Gasteiger partial charge in [0.15, 0.2) is 6.29 Å². The number of carbonyl (C=O) groups is 1. The smallest absolute Gasteiger partial charge is 0.217 e. The van der Waals surface area contributed by atoms with Crippen LogP contribution in [-0.4, -0.2) is 106 Å². The van der Waals surface area contributed by atoms with Crippen LogP contribution >= 0.6 is 0 Å². The predicted octanol–water partition coefficient (Wildman–Crippen LogP) is -2.06. The molecule has 32 heavy (non-hydrogen) atoms. The first-order chi connectivity index (χ1) is 15.2. The zero-order chi connectivity index (χ0) is 23.5. The Morgan fingerprint density at radius 3 is 2.41 bits per heavy atom. The van der Waals surface area contributed by atoms with Crippen LogP contribution in [0.4, 0.5) is 5.69 Å². The summed E-state index contributed by atoms with van der Waals surface area (Å²) in [6.45, 7) is 1.60. The first kappa shape index (κ1) is 24.8. The van der Waals surface area contributed by atoms with E-state index >= 15 is 0 Å². The van der Waals surface area contributed by atoms with E-state index in [1.54, 1.807) is 12.1 Å². The second-order valence-electron chi connectivity index (χ2n) is 8.35. The molecule has 0 saturated carbocycles. The summed E-state index contributed by atoms with van der Waals surface area (Å²) in [5.41, 5.74) is -0.905. The van der Waals surface area contributed by atoms with Gasteiger partial charge in [0.2, 0.25) is 5.91 Å². The molecule has 0 aromatic heterocycles. The number of hydrogen-bond donors (Lipinski definition) is 7. The molecule has 3 rings (SSSR count). The number of benzene rings is 1. The average Bonchev–Trinajstić information content (AvgIpc) is 2.77. The highest BCUT2D eigenvalue weighted by Crippen LogP contribution is 2.34. The van der Waals surface area contributed by atoms with Crippen LogP contribution in [0.15, 0.2) is 30.3 Å². The van der Waals surface area contributed by atoms with E-state index in [4.69, 9.17) is 14.2 Å². The Hall–Kier alpha value is -1.83. The Bertz CT molecular complexity index is 754. The highest BCUT2D eigenvalue weighted by atomic mass is 16.7. The molecule has 0 spiro atoms. The largest absolute Gasteiger partial charge is 0.394 e. The maximum Gasteiger partial charge on any atom is 0.217 e. The molecule has 2 aliphatic rings. The highest BCUT2D eigenvalue weighted by Gasteiger charge is 2.56. The van der Waals surface area contributed by atoms with Crippen molar-refractivity contribution in [1.29, 1.82) is 0 Å². The molecule has 1 amide bonds. The van der Waals surface area contributed by atoms with Crippen LogP contribution in [0.2, 0.25) is 0 Å². The molecule has 1 aromatic rings. The summed E-state index contributed by atoms with van der Waals surface area (Å²) in [5, 5.41) is 56.9. The molecule has 0 unspecified atom stereocenters. The standard InChI is InChI=1S/C21H32N2O9/c1-11(26)23-21(2)19(29)17(28)14(8-24)31-20(21)32-18-15(9-25)30-10-13(27)16(18)22-12-6-4-3-5-7-12/h3-7,13-20,22,24-25,27-29H,8-10H2,1-2H3,(H,23,26)/t13-,14+,15+,16-,17+,18-,19-,20-,21-/m0/s1. The number of hydrogen-bond acceptors (Lipinski definition) is 10. The van der Waals surface area contributed by atoms with E-state index < -0.39 is 73.6 Å². The summed E-state index contributed by atoms with van der Waals surface area (Å²) in [5.74, 6) is -0.504. The maximum atomic E-state index is 11.9. The van der Waals surface area contributed by atoms with Crippen molar-refractivity contribution in [3.8, 4) is 0 Å². The van der Waals surface area contributed by atoms with Crippen LogP contribution in [0.3, 0.4) is 0 Å². The van der Waals surface area contributed by atoms with Crippen LogP contribution < -0.4 is 10.6 Å². The minimum absolute atomic E-state index is 0.0509. The summed E-state index contributed by atoms with van der Waals surface area (Å²) in [6, 6.07) is 8.32. The first-order valence-electron chi connectivity index (χ1n) is 10.5. The first-order valence-corrected chi connectivity index (χ1v) is 10.5. The number of amides is 1. The third kappa shape index (κ3) is 5.05. The maximum absolute atomic E-state index is 11.9. The lowest BCUT2D eigenvalue weighted by atomic mass is 9.84. The molecule has 11 heteroatoms. The second-order valence-corrected chi connectivity index (χ2v) is 8.35. The SMILES string of the molecule is CC(=O)N[C@]1(C)[C@H](O[C@@H]2[C@@H](Nc3ccccc3)[C@@H](O)CO[C@@H]2CO)O[C@H](CO)[C@@H](O)[C@@H]1O. The van der Waals surface area contributed by atoms with Crippen LogP contribution in [0.1, 0.15) is 13.8 Å². The van der Waals surface area contributed by atoms with Gasteiger partial charge in [-0.1, -0.05) is 18.2 Å². The van der Waals surface area contributed by atoms with Gasteiger partial charge in [-0.25, -0.2) is 0 Å². The molecule has 2 heterocycles. The quantitative estimate of drug-likeness (QED) is 0.242. The number of aliphatic hydroxyl groups excluding tert-OH is 5. The van der Waals surface area contributed by atoms with Crippen molar-refractivity contribution >= 4 is 11.6 Å². The zero-order valence-corrected chi connectivity index (χ0v) is 18.0. The molecule has 0 aliphatic carbocycles. The lowest BCUT2D eigenvalue weighted by Crippen LogP contribution is -2.73. The number of carbonyl (C=O) groups excluding carboxylic acids is 1. The Morgan fingerprint density at radius 2 is 1.81 bits per heavy atom. The van der Waals surface area contributed by atoms with Crippen molar-refractivity contribution in [3.05, 3.63) is 30.3 Å². The van der Waals surface area contributed by atoms with E-state index in [9.17, 15) is 30.3 Å². The predicted molar refractivity (Wildman–Crippen MR) is 112 cm³/mol. The van der Waals surface area contributed by atoms with Gasteiger partial charge in [0, 0.05) is 12.6 Å². The molecule has 2 aliphatic heterocycles. The average molecular weight is 456 g/mol. The zero-order valence-electron chi connectivity index (χ0n) is 18.0. The molecular formula is C21H32N2O9. The minimum atomic E-state index is -1.60. The van der Waals surface area contributed by atoms with Gasteiger partial charge in [-0.2, -0.15) is 0 Å². The van der Waals surface area contributed by atoms with Crippen molar-refractivity contribution < 1.29 is 44.5 Å². The van der Waals surface area contributed by atoms with Gasteiger partial charge in [-0.05, 0) is 19.1 Å². The third-order valence-corrected chi connectivity index (χ3v) is 5.92. The molecule has 0 radical (unpaired) electrons. The van der Waals surface area contributed by atoms with E-state index in [0.29, 0.717) is 5.69 Å². The summed E-state index contributed by atoms with van der Waals surface area (Å²) in [6.07, 6.45) is -8.41. The molecule has 2 saturated heterocycles. The van der Waals surface area contributed by atoms with Gasteiger partial charge in [-0.3, -0.25) is 4.79 Å². The molecule has 9 atom stereocenters. The fourth-order valence-corrected chi connectivity index (χ4v) is 4.16. The van der Waals surface area contributed by atoms with E-state index in [2.05, 4.69) is 10.6 Å². The number of anilines is 1. The summed E-state index contributed by atoms with van der Waals surface area (Å²) in [7, 11) is 0. The monoisotopic (exact) mass is 456 g/mol. The highest BCUT2D eigenvalue weighted by molar-refractivity contribution is 5.74. The fraction of sp³-hybridized carbons (Fsp3) is 0.667. The Morgan fingerprint density at radius 1 is 1.16 bits per heavy atom. The summed E-state index contributed by atoms with van der Waals surface area (Å²) in [4.78, 5) is 11.9. The normalized spacial score (nSPS) is 40.0. The minimum Gasteiger partial charge on any atom is -0.394 e. The molecule has 7 N–H and O–H groups in total. The van der Waals surface area contributed by atoms with Crippen molar-refractivity contribution in [3.63, 3.8) is 0 Å². The van der Waals surface area contributed by atoms with Gasteiger partial charge >= 0.3 is 0 Å². The lowest BCUT2D eigenvalue weighted by molar-refractivity contribution is -0.322. The number of aliphatic hydroxyl groups is 5. The molecule has 0 bridgehead atoms. The van der Waals surface area contributed by atoms with Gasteiger partial charge in [-0.15, -0.1) is 0 Å². The molecule has 180 valence electrons. The van der Waals surface area contributed by atoms with E-state index in [1.807, 2.05) is 18.2 Å². The van der Waals surface area contributed by atoms with Crippen LogP contribution in [0.5, 0.6) is 0 Å². The Kier molecular flexibility index (Phi) is 8.06. The van der Waals surface area contributed by atoms with Crippen molar-refractivity contribution in [1.82, 2.24) is 5.32 Å². The fourth-order valence-electron chi connectivity index (χ4n) is 4.16.